The molecule has 1 amide bonds. The van der Waals surface area contributed by atoms with Gasteiger partial charge in [-0.15, -0.1) is 24.2 Å². The summed E-state index contributed by atoms with van der Waals surface area (Å²) >= 11 is 1.43. The molecule has 0 spiro atoms. The van der Waals surface area contributed by atoms with Crippen molar-refractivity contribution in [2.24, 2.45) is 0 Å². The molecule has 1 aromatic heterocycles. The lowest BCUT2D eigenvalue weighted by Crippen LogP contribution is -2.32. The van der Waals surface area contributed by atoms with Crippen LogP contribution in [-0.4, -0.2) is 59.9 Å². The van der Waals surface area contributed by atoms with Crippen LogP contribution in [0, 0.1) is 0 Å². The van der Waals surface area contributed by atoms with Crippen molar-refractivity contribution >= 4 is 36.0 Å². The number of hydrogen-bond donors (Lipinski definition) is 2. The number of methoxy groups -OCH3 is 1. The largest absolute Gasteiger partial charge is 0.468 e. The van der Waals surface area contributed by atoms with Crippen LogP contribution in [0.5, 0.6) is 0 Å². The standard InChI is InChI=1S/C14H22N4O3S.ClH/c1-21-13(19)10-22-8-6-16-14(20)12-4-7-18(17-12)11-3-2-5-15-9-11;/h4,7,11,15H,2-3,5-6,8-10H2,1H3,(H,16,20);1H. The van der Waals surface area contributed by atoms with Gasteiger partial charge in [0, 0.05) is 25.0 Å². The average molecular weight is 363 g/mol. The van der Waals surface area contributed by atoms with Gasteiger partial charge in [-0.05, 0) is 25.5 Å². The van der Waals surface area contributed by atoms with Gasteiger partial charge >= 0.3 is 5.97 Å². The second-order valence-electron chi connectivity index (χ2n) is 5.07. The number of rotatable bonds is 7. The molecular formula is C14H23ClN4O3S. The molecule has 1 aliphatic heterocycles. The molecule has 2 N–H and O–H groups in total. The summed E-state index contributed by atoms with van der Waals surface area (Å²) in [5.41, 5.74) is 0.434. The van der Waals surface area contributed by atoms with Gasteiger partial charge in [0.2, 0.25) is 0 Å². The Hall–Kier alpha value is -1.25. The molecule has 0 saturated carbocycles. The molecule has 1 aliphatic rings. The maximum Gasteiger partial charge on any atom is 0.315 e. The summed E-state index contributed by atoms with van der Waals surface area (Å²) in [6, 6.07) is 2.07. The highest BCUT2D eigenvalue weighted by molar-refractivity contribution is 7.99. The zero-order valence-electron chi connectivity index (χ0n) is 13.1. The third kappa shape index (κ3) is 6.40. The number of carbonyl (C=O) groups excluding carboxylic acids is 2. The Morgan fingerprint density at radius 2 is 2.39 bits per heavy atom. The lowest BCUT2D eigenvalue weighted by molar-refractivity contribution is -0.137. The molecule has 9 heteroatoms. The Labute approximate surface area is 146 Å². The number of aromatic nitrogens is 2. The molecule has 1 saturated heterocycles. The molecule has 130 valence electrons. The summed E-state index contributed by atoms with van der Waals surface area (Å²) in [5, 5.41) is 10.5. The van der Waals surface area contributed by atoms with E-state index in [0.717, 1.165) is 25.9 Å². The monoisotopic (exact) mass is 362 g/mol. The second-order valence-corrected chi connectivity index (χ2v) is 6.17. The zero-order valence-corrected chi connectivity index (χ0v) is 14.8. The lowest BCUT2D eigenvalue weighted by Gasteiger charge is -2.22. The van der Waals surface area contributed by atoms with Gasteiger partial charge in [-0.25, -0.2) is 0 Å². The fourth-order valence-corrected chi connectivity index (χ4v) is 2.94. The first-order valence-corrected chi connectivity index (χ1v) is 8.55. The molecule has 7 nitrogen and oxygen atoms in total. The molecule has 1 unspecified atom stereocenters. The predicted octanol–water partition coefficient (Wildman–Crippen LogP) is 0.865. The summed E-state index contributed by atoms with van der Waals surface area (Å²) in [4.78, 5) is 22.9. The minimum Gasteiger partial charge on any atom is -0.468 e. The van der Waals surface area contributed by atoms with Gasteiger partial charge in [0.1, 0.15) is 5.69 Å². The minimum atomic E-state index is -0.254. The van der Waals surface area contributed by atoms with Crippen LogP contribution in [-0.2, 0) is 9.53 Å². The van der Waals surface area contributed by atoms with Crippen molar-refractivity contribution in [3.63, 3.8) is 0 Å². The van der Waals surface area contributed by atoms with Crippen molar-refractivity contribution in [3.05, 3.63) is 18.0 Å². The average Bonchev–Trinajstić information content (AvgIpc) is 3.05. The van der Waals surface area contributed by atoms with Crippen molar-refractivity contribution in [2.75, 3.05) is 38.2 Å². The van der Waals surface area contributed by atoms with Crippen LogP contribution in [0.3, 0.4) is 0 Å². The quantitative estimate of drug-likeness (QED) is 0.553. The number of ether oxygens (including phenoxy) is 1. The number of halogens is 1. The van der Waals surface area contributed by atoms with E-state index in [1.165, 1.54) is 18.9 Å². The van der Waals surface area contributed by atoms with Crippen molar-refractivity contribution in [3.8, 4) is 0 Å². The third-order valence-electron chi connectivity index (χ3n) is 3.47. The second kappa shape index (κ2) is 10.5. The summed E-state index contributed by atoms with van der Waals surface area (Å²) in [6.45, 7) is 2.44. The first kappa shape index (κ1) is 19.8. The van der Waals surface area contributed by atoms with E-state index in [2.05, 4.69) is 20.5 Å². The number of esters is 1. The molecule has 0 bridgehead atoms. The highest BCUT2D eigenvalue weighted by Crippen LogP contribution is 2.15. The van der Waals surface area contributed by atoms with E-state index < -0.39 is 0 Å². The topological polar surface area (TPSA) is 85.2 Å². The van der Waals surface area contributed by atoms with Crippen LogP contribution in [0.15, 0.2) is 12.3 Å². The van der Waals surface area contributed by atoms with E-state index in [9.17, 15) is 9.59 Å². The molecule has 23 heavy (non-hydrogen) atoms. The van der Waals surface area contributed by atoms with Crippen LogP contribution >= 0.6 is 24.2 Å². The molecule has 1 atom stereocenters. The number of carbonyl (C=O) groups is 2. The van der Waals surface area contributed by atoms with Gasteiger partial charge in [0.05, 0.1) is 18.9 Å². The lowest BCUT2D eigenvalue weighted by atomic mass is 10.1. The summed E-state index contributed by atoms with van der Waals surface area (Å²) in [5.74, 6) is 0.529. The van der Waals surface area contributed by atoms with Crippen molar-refractivity contribution in [2.45, 2.75) is 18.9 Å². The first-order valence-electron chi connectivity index (χ1n) is 7.39. The van der Waals surface area contributed by atoms with Crippen LogP contribution < -0.4 is 10.6 Å². The van der Waals surface area contributed by atoms with Gasteiger partial charge in [0.25, 0.3) is 5.91 Å². The van der Waals surface area contributed by atoms with Crippen LogP contribution in [0.1, 0.15) is 29.4 Å². The molecule has 1 aromatic rings. The van der Waals surface area contributed by atoms with E-state index in [1.54, 1.807) is 6.07 Å². The summed E-state index contributed by atoms with van der Waals surface area (Å²) < 4.78 is 6.41. The molecule has 0 aromatic carbocycles. The molecular weight excluding hydrogens is 340 g/mol. The number of amides is 1. The highest BCUT2D eigenvalue weighted by Gasteiger charge is 2.17. The van der Waals surface area contributed by atoms with E-state index >= 15 is 0 Å². The Morgan fingerprint density at radius 1 is 1.57 bits per heavy atom. The summed E-state index contributed by atoms with van der Waals surface area (Å²) in [6.07, 6.45) is 4.07. The zero-order chi connectivity index (χ0) is 15.8. The van der Waals surface area contributed by atoms with Crippen LogP contribution in [0.25, 0.3) is 0 Å². The SMILES string of the molecule is COC(=O)CSCCNC(=O)c1ccn(C2CCCNC2)n1.Cl. The fraction of sp³-hybridized carbons (Fsp3) is 0.643. The number of thioether (sulfide) groups is 1. The van der Waals surface area contributed by atoms with E-state index in [4.69, 9.17) is 0 Å². The minimum absolute atomic E-state index is 0. The van der Waals surface area contributed by atoms with Gasteiger partial charge < -0.3 is 15.4 Å². The van der Waals surface area contributed by atoms with Crippen LogP contribution in [0.4, 0.5) is 0 Å². The van der Waals surface area contributed by atoms with E-state index in [1.807, 2.05) is 10.9 Å². The normalized spacial score (nSPS) is 17.2. The first-order chi connectivity index (χ1) is 10.7. The van der Waals surface area contributed by atoms with Gasteiger partial charge in [0.15, 0.2) is 0 Å². The Morgan fingerprint density at radius 3 is 3.09 bits per heavy atom. The Bertz CT molecular complexity index is 506. The molecule has 0 aliphatic carbocycles. The van der Waals surface area contributed by atoms with Gasteiger partial charge in [-0.2, -0.15) is 5.10 Å². The van der Waals surface area contributed by atoms with Gasteiger partial charge in [-0.3, -0.25) is 14.3 Å². The van der Waals surface area contributed by atoms with E-state index in [0.29, 0.717) is 29.8 Å². The predicted molar refractivity (Wildman–Crippen MR) is 92.3 cm³/mol. The van der Waals surface area contributed by atoms with Crippen molar-refractivity contribution in [1.82, 2.24) is 20.4 Å². The molecule has 1 fully saturated rings. The van der Waals surface area contributed by atoms with Crippen molar-refractivity contribution < 1.29 is 14.3 Å². The molecule has 0 radical (unpaired) electrons. The Kier molecular flexibility index (Phi) is 9.05. The van der Waals surface area contributed by atoms with Crippen molar-refractivity contribution in [1.29, 1.82) is 0 Å². The third-order valence-corrected chi connectivity index (χ3v) is 4.40. The fourth-order valence-electron chi connectivity index (χ4n) is 2.26. The van der Waals surface area contributed by atoms with Gasteiger partial charge in [-0.1, -0.05) is 0 Å². The number of nitrogens with one attached hydrogen (secondary N) is 2. The van der Waals surface area contributed by atoms with E-state index in [-0.39, 0.29) is 24.3 Å². The highest BCUT2D eigenvalue weighted by atomic mass is 35.5. The number of nitrogens with zero attached hydrogens (tertiary/aromatic N) is 2. The maximum atomic E-state index is 12.0. The maximum absolute atomic E-state index is 12.0. The molecule has 2 heterocycles. The summed E-state index contributed by atoms with van der Waals surface area (Å²) in [7, 11) is 1.36. The number of hydrogen-bond acceptors (Lipinski definition) is 6. The smallest absolute Gasteiger partial charge is 0.315 e. The molecule has 2 rings (SSSR count). The Balaban J connectivity index is 0.00000264. The number of piperidine rings is 1. The van der Waals surface area contributed by atoms with Crippen LogP contribution in [0.2, 0.25) is 0 Å².